The molecule has 1 aliphatic carbocycles. The molecule has 1 rings (SSSR count). The van der Waals surface area contributed by atoms with Crippen LogP contribution in [0.15, 0.2) is 47.7 Å². The van der Waals surface area contributed by atoms with E-state index in [0.717, 1.165) is 18.5 Å². The van der Waals surface area contributed by atoms with E-state index >= 15 is 0 Å². The number of nitrogens with two attached hydrogens (primary N) is 1. The molecule has 1 unspecified atom stereocenters. The Morgan fingerprint density at radius 3 is 3.00 bits per heavy atom. The van der Waals surface area contributed by atoms with Crippen LogP contribution in [-0.2, 0) is 0 Å². The van der Waals surface area contributed by atoms with Crippen molar-refractivity contribution in [3.63, 3.8) is 0 Å². The number of hydrogen-bond donors (Lipinski definition) is 1. The Hall–Kier alpha value is -1.24. The maximum absolute atomic E-state index is 5.95. The van der Waals surface area contributed by atoms with Gasteiger partial charge in [-0.15, -0.1) is 0 Å². The van der Waals surface area contributed by atoms with Gasteiger partial charge in [-0.05, 0) is 36.0 Å². The molecule has 1 nitrogen and oxygen atoms in total. The van der Waals surface area contributed by atoms with Gasteiger partial charge in [-0.25, -0.2) is 0 Å². The smallest absolute Gasteiger partial charge is 0.0386 e. The molecule has 0 saturated heterocycles. The van der Waals surface area contributed by atoms with Gasteiger partial charge in [-0.1, -0.05) is 38.7 Å². The van der Waals surface area contributed by atoms with Gasteiger partial charge in [-0.3, -0.25) is 0 Å². The first-order valence-corrected chi connectivity index (χ1v) is 5.18. The quantitative estimate of drug-likeness (QED) is 0.677. The Labute approximate surface area is 86.7 Å². The summed E-state index contributed by atoms with van der Waals surface area (Å²) in [5, 5.41) is 0. The number of hydrogen-bond acceptors (Lipinski definition) is 1. The average Bonchev–Trinajstić information content (AvgIpc) is 2.17. The second-order valence-corrected chi connectivity index (χ2v) is 3.73. The first-order chi connectivity index (χ1) is 6.69. The van der Waals surface area contributed by atoms with Crippen molar-refractivity contribution in [2.75, 3.05) is 0 Å². The van der Waals surface area contributed by atoms with Crippen molar-refractivity contribution in [2.24, 2.45) is 11.7 Å². The van der Waals surface area contributed by atoms with E-state index in [1.54, 1.807) is 6.08 Å². The van der Waals surface area contributed by atoms with Gasteiger partial charge in [0.2, 0.25) is 0 Å². The molecule has 76 valence electrons. The van der Waals surface area contributed by atoms with Crippen LogP contribution in [0.4, 0.5) is 0 Å². The normalized spacial score (nSPS) is 22.7. The van der Waals surface area contributed by atoms with Crippen LogP contribution in [0.2, 0.25) is 0 Å². The fourth-order valence-electron chi connectivity index (χ4n) is 1.76. The summed E-state index contributed by atoms with van der Waals surface area (Å²) in [6, 6.07) is 0. The van der Waals surface area contributed by atoms with Crippen molar-refractivity contribution >= 4 is 0 Å². The summed E-state index contributed by atoms with van der Waals surface area (Å²) < 4.78 is 0. The summed E-state index contributed by atoms with van der Waals surface area (Å²) in [7, 11) is 0. The Bertz CT molecular complexity index is 305. The lowest BCUT2D eigenvalue weighted by Gasteiger charge is -2.19. The molecule has 0 radical (unpaired) electrons. The SMILES string of the molecule is C=C/C=C(\N)C1=CCC(C)C=C1CC. The van der Waals surface area contributed by atoms with Crippen LogP contribution < -0.4 is 5.73 Å². The average molecular weight is 189 g/mol. The van der Waals surface area contributed by atoms with Gasteiger partial charge in [0.05, 0.1) is 0 Å². The summed E-state index contributed by atoms with van der Waals surface area (Å²) in [6.45, 7) is 8.06. The van der Waals surface area contributed by atoms with Gasteiger partial charge in [0.15, 0.2) is 0 Å². The molecule has 0 heterocycles. The summed E-state index contributed by atoms with van der Waals surface area (Å²) in [4.78, 5) is 0. The molecule has 0 fully saturated rings. The van der Waals surface area contributed by atoms with Gasteiger partial charge in [0.25, 0.3) is 0 Å². The lowest BCUT2D eigenvalue weighted by Crippen LogP contribution is -2.08. The van der Waals surface area contributed by atoms with Gasteiger partial charge >= 0.3 is 0 Å². The van der Waals surface area contributed by atoms with Gasteiger partial charge in [-0.2, -0.15) is 0 Å². The van der Waals surface area contributed by atoms with Crippen LogP contribution in [-0.4, -0.2) is 0 Å². The maximum atomic E-state index is 5.95. The monoisotopic (exact) mass is 189 g/mol. The van der Waals surface area contributed by atoms with Crippen LogP contribution in [0.25, 0.3) is 0 Å². The predicted octanol–water partition coefficient (Wildman–Crippen LogP) is 3.32. The first-order valence-electron chi connectivity index (χ1n) is 5.18. The molecule has 0 bridgehead atoms. The van der Waals surface area contributed by atoms with Gasteiger partial charge < -0.3 is 5.73 Å². The summed E-state index contributed by atoms with van der Waals surface area (Å²) >= 11 is 0. The van der Waals surface area contributed by atoms with Crippen LogP contribution >= 0.6 is 0 Å². The zero-order valence-corrected chi connectivity index (χ0v) is 9.09. The molecule has 2 N–H and O–H groups in total. The highest BCUT2D eigenvalue weighted by Gasteiger charge is 2.12. The second-order valence-electron chi connectivity index (χ2n) is 3.73. The molecule has 1 aliphatic rings. The van der Waals surface area contributed by atoms with Crippen molar-refractivity contribution in [2.45, 2.75) is 26.7 Å². The van der Waals surface area contributed by atoms with E-state index in [4.69, 9.17) is 5.73 Å². The Kier molecular flexibility index (Phi) is 3.75. The highest BCUT2D eigenvalue weighted by Crippen LogP contribution is 2.27. The minimum absolute atomic E-state index is 0.644. The fourth-order valence-corrected chi connectivity index (χ4v) is 1.76. The van der Waals surface area contributed by atoms with E-state index in [1.165, 1.54) is 11.1 Å². The standard InChI is InChI=1S/C13H19N/c1-4-6-13(14)12-8-7-10(3)9-11(12)5-2/h4,6,8-10H,1,5,7,14H2,2-3H3/b13-6-. The molecular formula is C13H19N. The third-order valence-electron chi connectivity index (χ3n) is 2.51. The molecule has 1 heteroatoms. The maximum Gasteiger partial charge on any atom is 0.0386 e. The molecule has 0 amide bonds. The van der Waals surface area contributed by atoms with Crippen LogP contribution in [0.3, 0.4) is 0 Å². The second kappa shape index (κ2) is 4.85. The Morgan fingerprint density at radius 1 is 1.71 bits per heavy atom. The molecule has 0 aromatic heterocycles. The molecule has 0 saturated carbocycles. The van der Waals surface area contributed by atoms with Crippen molar-refractivity contribution < 1.29 is 0 Å². The number of allylic oxidation sites excluding steroid dienone is 5. The van der Waals surface area contributed by atoms with Crippen molar-refractivity contribution in [3.8, 4) is 0 Å². The van der Waals surface area contributed by atoms with E-state index < -0.39 is 0 Å². The lowest BCUT2D eigenvalue weighted by molar-refractivity contribution is 0.716. The van der Waals surface area contributed by atoms with E-state index in [-0.39, 0.29) is 0 Å². The van der Waals surface area contributed by atoms with E-state index in [0.29, 0.717) is 5.92 Å². The summed E-state index contributed by atoms with van der Waals surface area (Å²) in [5.41, 5.74) is 9.34. The molecule has 0 aromatic rings. The zero-order chi connectivity index (χ0) is 10.6. The largest absolute Gasteiger partial charge is 0.398 e. The molecule has 0 aliphatic heterocycles. The zero-order valence-electron chi connectivity index (χ0n) is 9.09. The van der Waals surface area contributed by atoms with Crippen molar-refractivity contribution in [1.82, 2.24) is 0 Å². The molecule has 0 spiro atoms. The third-order valence-corrected chi connectivity index (χ3v) is 2.51. The van der Waals surface area contributed by atoms with Crippen molar-refractivity contribution in [3.05, 3.63) is 47.7 Å². The molecule has 1 atom stereocenters. The van der Waals surface area contributed by atoms with Crippen molar-refractivity contribution in [1.29, 1.82) is 0 Å². The first kappa shape index (κ1) is 10.8. The lowest BCUT2D eigenvalue weighted by atomic mass is 9.88. The minimum atomic E-state index is 0.644. The van der Waals surface area contributed by atoms with E-state index in [1.807, 2.05) is 6.08 Å². The van der Waals surface area contributed by atoms with E-state index in [9.17, 15) is 0 Å². The fraction of sp³-hybridized carbons (Fsp3) is 0.385. The predicted molar refractivity (Wildman–Crippen MR) is 62.7 cm³/mol. The molecule has 14 heavy (non-hydrogen) atoms. The summed E-state index contributed by atoms with van der Waals surface area (Å²) in [5.74, 6) is 0.644. The topological polar surface area (TPSA) is 26.0 Å². The highest BCUT2D eigenvalue weighted by atomic mass is 14.6. The van der Waals surface area contributed by atoms with Crippen LogP contribution in [0.5, 0.6) is 0 Å². The van der Waals surface area contributed by atoms with E-state index in [2.05, 4.69) is 32.6 Å². The summed E-state index contributed by atoms with van der Waals surface area (Å²) in [6.07, 6.45) is 10.3. The minimum Gasteiger partial charge on any atom is -0.398 e. The van der Waals surface area contributed by atoms with Gasteiger partial charge in [0, 0.05) is 5.70 Å². The Balaban J connectivity index is 2.94. The van der Waals surface area contributed by atoms with Crippen LogP contribution in [0, 0.1) is 5.92 Å². The van der Waals surface area contributed by atoms with Crippen LogP contribution in [0.1, 0.15) is 26.7 Å². The number of rotatable bonds is 3. The molecule has 0 aromatic carbocycles. The highest BCUT2D eigenvalue weighted by molar-refractivity contribution is 5.47. The Morgan fingerprint density at radius 2 is 2.43 bits per heavy atom. The van der Waals surface area contributed by atoms with Gasteiger partial charge in [0.1, 0.15) is 0 Å². The molecular weight excluding hydrogens is 170 g/mol. The third kappa shape index (κ3) is 2.38.